The van der Waals surface area contributed by atoms with Crippen LogP contribution < -0.4 is 4.74 Å². The Bertz CT molecular complexity index is 2200. The van der Waals surface area contributed by atoms with E-state index < -0.39 is 0 Å². The second-order valence-corrected chi connectivity index (χ2v) is 12.0. The number of allylic oxidation sites excluding steroid dienone is 4. The zero-order chi connectivity index (χ0) is 32.8. The van der Waals surface area contributed by atoms with E-state index in [9.17, 15) is 0 Å². The number of hydrogen-bond acceptors (Lipinski definition) is 4. The molecule has 49 heavy (non-hydrogen) atoms. The summed E-state index contributed by atoms with van der Waals surface area (Å²) in [6.45, 7) is 0. The van der Waals surface area contributed by atoms with E-state index in [0.717, 1.165) is 74.9 Å². The van der Waals surface area contributed by atoms with Crippen molar-refractivity contribution in [2.24, 2.45) is 0 Å². The summed E-state index contributed by atoms with van der Waals surface area (Å²) in [4.78, 5) is 15.0. The predicted octanol–water partition coefficient (Wildman–Crippen LogP) is 11.7. The molecule has 0 saturated heterocycles. The Balaban J connectivity index is 1.05. The van der Waals surface area contributed by atoms with E-state index in [4.69, 9.17) is 19.7 Å². The Kier molecular flexibility index (Phi) is 8.42. The summed E-state index contributed by atoms with van der Waals surface area (Å²) in [6, 6.07) is 53.4. The monoisotopic (exact) mass is 631 g/mol. The molecule has 2 aromatic heterocycles. The van der Waals surface area contributed by atoms with Gasteiger partial charge in [0.15, 0.2) is 5.82 Å². The lowest BCUT2D eigenvalue weighted by atomic mass is 9.98. The van der Waals surface area contributed by atoms with Crippen molar-refractivity contribution in [3.05, 3.63) is 182 Å². The first-order valence-corrected chi connectivity index (χ1v) is 16.6. The summed E-state index contributed by atoms with van der Waals surface area (Å²) in [5, 5.41) is 0. The van der Waals surface area contributed by atoms with Gasteiger partial charge in [0, 0.05) is 22.3 Å². The molecule has 0 aliphatic heterocycles. The van der Waals surface area contributed by atoms with E-state index in [2.05, 4.69) is 91.0 Å². The molecule has 0 amide bonds. The average molecular weight is 632 g/mol. The maximum absolute atomic E-state index is 6.28. The van der Waals surface area contributed by atoms with Crippen LogP contribution in [0.15, 0.2) is 176 Å². The van der Waals surface area contributed by atoms with E-state index in [1.807, 2.05) is 84.9 Å². The van der Waals surface area contributed by atoms with Crippen molar-refractivity contribution in [1.82, 2.24) is 15.0 Å². The van der Waals surface area contributed by atoms with Gasteiger partial charge in [-0.05, 0) is 96.3 Å². The lowest BCUT2D eigenvalue weighted by Gasteiger charge is -2.13. The van der Waals surface area contributed by atoms with Gasteiger partial charge in [0.05, 0.1) is 22.8 Å². The number of hydrogen-bond donors (Lipinski definition) is 0. The minimum atomic E-state index is 0.667. The van der Waals surface area contributed by atoms with Crippen molar-refractivity contribution in [3.63, 3.8) is 0 Å². The van der Waals surface area contributed by atoms with Gasteiger partial charge in [0.25, 0.3) is 0 Å². The van der Waals surface area contributed by atoms with Crippen LogP contribution in [0.4, 0.5) is 0 Å². The lowest BCUT2D eigenvalue weighted by Crippen LogP contribution is -1.96. The van der Waals surface area contributed by atoms with E-state index >= 15 is 0 Å². The third-order valence-electron chi connectivity index (χ3n) is 8.59. The first-order chi connectivity index (χ1) is 24.2. The molecule has 5 aromatic carbocycles. The highest BCUT2D eigenvalue weighted by molar-refractivity contribution is 5.80. The van der Waals surface area contributed by atoms with Crippen molar-refractivity contribution >= 4 is 5.57 Å². The number of benzene rings is 5. The van der Waals surface area contributed by atoms with Gasteiger partial charge in [0.2, 0.25) is 0 Å². The van der Waals surface area contributed by atoms with Gasteiger partial charge >= 0.3 is 0 Å². The van der Waals surface area contributed by atoms with Gasteiger partial charge in [-0.15, -0.1) is 0 Å². The highest BCUT2D eigenvalue weighted by Crippen LogP contribution is 2.33. The van der Waals surface area contributed by atoms with Crippen LogP contribution in [-0.2, 0) is 0 Å². The highest BCUT2D eigenvalue weighted by atomic mass is 16.5. The van der Waals surface area contributed by atoms with Gasteiger partial charge in [-0.3, -0.25) is 0 Å². The van der Waals surface area contributed by atoms with Crippen LogP contribution in [0.25, 0.3) is 61.9 Å². The summed E-state index contributed by atoms with van der Waals surface area (Å²) in [5.74, 6) is 2.16. The maximum Gasteiger partial charge on any atom is 0.160 e. The van der Waals surface area contributed by atoms with Crippen molar-refractivity contribution in [2.45, 2.75) is 12.8 Å². The number of nitrogens with zero attached hydrogens (tertiary/aromatic N) is 3. The first kappa shape index (κ1) is 30.0. The largest absolute Gasteiger partial charge is 0.457 e. The molecule has 7 aromatic rings. The minimum Gasteiger partial charge on any atom is -0.457 e. The molecule has 0 bridgehead atoms. The molecule has 8 rings (SSSR count). The molecule has 1 aliphatic carbocycles. The average Bonchev–Trinajstić information content (AvgIpc) is 3.19. The van der Waals surface area contributed by atoms with Crippen LogP contribution in [-0.4, -0.2) is 15.0 Å². The van der Waals surface area contributed by atoms with Gasteiger partial charge in [0.1, 0.15) is 11.5 Å². The summed E-state index contributed by atoms with van der Waals surface area (Å²) in [5.41, 5.74) is 11.2. The van der Waals surface area contributed by atoms with Crippen LogP contribution in [0.2, 0.25) is 0 Å². The quantitative estimate of drug-likeness (QED) is 0.167. The molecular formula is C45H33N3O. The van der Waals surface area contributed by atoms with Crippen LogP contribution in [0.1, 0.15) is 18.5 Å². The Morgan fingerprint density at radius 2 is 0.878 bits per heavy atom. The van der Waals surface area contributed by atoms with E-state index in [0.29, 0.717) is 5.82 Å². The SMILES string of the molecule is C1=CC(c2cc(-c3ccccc3)cc(-c3ccc(Oc4ccc(-c5nc(-c6ccccc6)cc(-c6ccccc6)n5)cc4)cc3)n2)=CCC1. The Morgan fingerprint density at radius 1 is 0.388 bits per heavy atom. The number of pyridine rings is 1. The van der Waals surface area contributed by atoms with Crippen LogP contribution in [0.5, 0.6) is 11.5 Å². The summed E-state index contributed by atoms with van der Waals surface area (Å²) in [7, 11) is 0. The summed E-state index contributed by atoms with van der Waals surface area (Å²) in [6.07, 6.45) is 8.79. The lowest BCUT2D eigenvalue weighted by molar-refractivity contribution is 0.483. The fraction of sp³-hybridized carbons (Fsp3) is 0.0444. The second kappa shape index (κ2) is 13.8. The van der Waals surface area contributed by atoms with E-state index in [1.165, 1.54) is 11.1 Å². The third-order valence-corrected chi connectivity index (χ3v) is 8.59. The van der Waals surface area contributed by atoms with Crippen molar-refractivity contribution in [2.75, 3.05) is 0 Å². The predicted molar refractivity (Wildman–Crippen MR) is 200 cm³/mol. The third kappa shape index (κ3) is 6.85. The van der Waals surface area contributed by atoms with Gasteiger partial charge in [-0.1, -0.05) is 109 Å². The molecular weight excluding hydrogens is 599 g/mol. The normalized spacial score (nSPS) is 12.4. The van der Waals surface area contributed by atoms with Gasteiger partial charge in [-0.2, -0.15) is 0 Å². The molecule has 0 N–H and O–H groups in total. The molecule has 234 valence electrons. The van der Waals surface area contributed by atoms with E-state index in [-0.39, 0.29) is 0 Å². The van der Waals surface area contributed by atoms with Crippen molar-refractivity contribution in [3.8, 4) is 67.8 Å². The molecule has 0 spiro atoms. The smallest absolute Gasteiger partial charge is 0.160 e. The van der Waals surface area contributed by atoms with Gasteiger partial charge < -0.3 is 4.74 Å². The maximum atomic E-state index is 6.28. The van der Waals surface area contributed by atoms with Crippen molar-refractivity contribution in [1.29, 1.82) is 0 Å². The minimum absolute atomic E-state index is 0.667. The zero-order valence-electron chi connectivity index (χ0n) is 26.9. The Morgan fingerprint density at radius 3 is 1.43 bits per heavy atom. The zero-order valence-corrected chi connectivity index (χ0v) is 26.9. The standard InChI is InChI=1S/C45H33N3O/c1-5-13-32(14-6-1)38-29-41(33-15-7-2-8-16-33)46-42(30-38)36-21-25-39(26-22-36)49-40-27-23-37(24-28-40)45-47-43(34-17-9-3-10-18-34)31-44(48-45)35-19-11-4-12-20-35/h1,3-7,9-31H,2,8H2. The first-order valence-electron chi connectivity index (χ1n) is 16.6. The van der Waals surface area contributed by atoms with Gasteiger partial charge in [-0.25, -0.2) is 15.0 Å². The highest BCUT2D eigenvalue weighted by Gasteiger charge is 2.13. The summed E-state index contributed by atoms with van der Waals surface area (Å²) < 4.78 is 6.28. The topological polar surface area (TPSA) is 47.9 Å². The Labute approximate surface area is 286 Å². The van der Waals surface area contributed by atoms with Crippen LogP contribution in [0.3, 0.4) is 0 Å². The Hall–Kier alpha value is -6.39. The van der Waals surface area contributed by atoms with Crippen LogP contribution >= 0.6 is 0 Å². The second-order valence-electron chi connectivity index (χ2n) is 12.0. The molecule has 0 atom stereocenters. The molecule has 4 heteroatoms. The molecule has 4 nitrogen and oxygen atoms in total. The number of rotatable bonds is 8. The molecule has 1 aliphatic rings. The number of ether oxygens (including phenoxy) is 1. The fourth-order valence-electron chi connectivity index (χ4n) is 6.02. The van der Waals surface area contributed by atoms with E-state index in [1.54, 1.807) is 0 Å². The molecule has 0 saturated carbocycles. The van der Waals surface area contributed by atoms with Crippen molar-refractivity contribution < 1.29 is 4.74 Å². The molecule has 0 unspecified atom stereocenters. The molecule has 0 fully saturated rings. The number of aromatic nitrogens is 3. The fourth-order valence-corrected chi connectivity index (χ4v) is 6.02. The van der Waals surface area contributed by atoms with Crippen LogP contribution in [0, 0.1) is 0 Å². The molecule has 0 radical (unpaired) electrons. The molecule has 2 heterocycles. The summed E-state index contributed by atoms with van der Waals surface area (Å²) >= 11 is 0.